The monoisotopic (exact) mass is 450 g/mol. The number of thiazole rings is 1. The second-order valence-corrected chi connectivity index (χ2v) is 7.11. The second-order valence-electron chi connectivity index (χ2n) is 5.00. The molecule has 1 amide bonds. The van der Waals surface area contributed by atoms with Gasteiger partial charge in [-0.2, -0.15) is 0 Å². The molecule has 3 rings (SSSR count). The Morgan fingerprint density at radius 3 is 2.62 bits per heavy atom. The number of nitrogens with zero attached hydrogens (tertiary/aromatic N) is 1. The number of benzene rings is 2. The van der Waals surface area contributed by atoms with Gasteiger partial charge in [-0.15, -0.1) is 11.3 Å². The fourth-order valence-corrected chi connectivity index (χ4v) is 3.14. The molecule has 0 aliphatic carbocycles. The molecule has 0 bridgehead atoms. The maximum atomic E-state index is 12.0. The molecule has 4 nitrogen and oxygen atoms in total. The molecule has 1 aromatic heterocycles. The number of rotatable bonds is 6. The number of halogens is 1. The van der Waals surface area contributed by atoms with Crippen molar-refractivity contribution < 1.29 is 9.53 Å². The fourth-order valence-electron chi connectivity index (χ4n) is 2.04. The van der Waals surface area contributed by atoms with Crippen LogP contribution in [-0.4, -0.2) is 17.5 Å². The lowest BCUT2D eigenvalue weighted by molar-refractivity contribution is -0.116. The van der Waals surface area contributed by atoms with Crippen molar-refractivity contribution in [2.45, 2.75) is 6.42 Å². The van der Waals surface area contributed by atoms with Crippen LogP contribution in [0.2, 0.25) is 0 Å². The van der Waals surface area contributed by atoms with E-state index >= 15 is 0 Å². The third-order valence-electron chi connectivity index (χ3n) is 3.23. The summed E-state index contributed by atoms with van der Waals surface area (Å²) >= 11 is 3.69. The minimum Gasteiger partial charge on any atom is -0.493 e. The summed E-state index contributed by atoms with van der Waals surface area (Å²) in [5.74, 6) is 0.662. The SMILES string of the molecule is O=C(CCOc1ccccc1)Nc1nc(-c2ccc(I)cc2)cs1. The van der Waals surface area contributed by atoms with Crippen molar-refractivity contribution in [2.75, 3.05) is 11.9 Å². The summed E-state index contributed by atoms with van der Waals surface area (Å²) in [7, 11) is 0. The van der Waals surface area contributed by atoms with Crippen molar-refractivity contribution in [1.82, 2.24) is 4.98 Å². The predicted octanol–water partition coefficient (Wildman–Crippen LogP) is 4.82. The maximum Gasteiger partial charge on any atom is 0.229 e. The Labute approximate surface area is 158 Å². The van der Waals surface area contributed by atoms with E-state index in [9.17, 15) is 4.79 Å². The van der Waals surface area contributed by atoms with E-state index in [0.717, 1.165) is 17.0 Å². The minimum absolute atomic E-state index is 0.102. The Morgan fingerprint density at radius 2 is 1.88 bits per heavy atom. The largest absolute Gasteiger partial charge is 0.493 e. The first-order valence-electron chi connectivity index (χ1n) is 7.40. The van der Waals surface area contributed by atoms with Crippen LogP contribution in [0.4, 0.5) is 5.13 Å². The number of nitrogens with one attached hydrogen (secondary N) is 1. The zero-order valence-electron chi connectivity index (χ0n) is 12.7. The average Bonchev–Trinajstić information content (AvgIpc) is 3.05. The third-order valence-corrected chi connectivity index (χ3v) is 4.71. The van der Waals surface area contributed by atoms with E-state index in [1.165, 1.54) is 14.9 Å². The normalized spacial score (nSPS) is 10.4. The van der Waals surface area contributed by atoms with Crippen molar-refractivity contribution >= 4 is 45.0 Å². The van der Waals surface area contributed by atoms with Gasteiger partial charge in [-0.1, -0.05) is 30.3 Å². The first kappa shape index (κ1) is 16.9. The van der Waals surface area contributed by atoms with Crippen LogP contribution in [0, 0.1) is 3.57 Å². The lowest BCUT2D eigenvalue weighted by Gasteiger charge is -2.05. The summed E-state index contributed by atoms with van der Waals surface area (Å²) in [5, 5.41) is 5.36. The van der Waals surface area contributed by atoms with Crippen LogP contribution in [0.3, 0.4) is 0 Å². The highest BCUT2D eigenvalue weighted by Crippen LogP contribution is 2.25. The van der Waals surface area contributed by atoms with Crippen LogP contribution in [0.5, 0.6) is 5.75 Å². The molecule has 3 aromatic rings. The Kier molecular flexibility index (Phi) is 5.81. The van der Waals surface area contributed by atoms with Crippen LogP contribution >= 0.6 is 33.9 Å². The quantitative estimate of drug-likeness (QED) is 0.548. The molecule has 122 valence electrons. The first-order chi connectivity index (χ1) is 11.7. The highest BCUT2D eigenvalue weighted by atomic mass is 127. The second kappa shape index (κ2) is 8.25. The summed E-state index contributed by atoms with van der Waals surface area (Å²) in [5.41, 5.74) is 1.91. The number of anilines is 1. The molecule has 0 aliphatic rings. The summed E-state index contributed by atoms with van der Waals surface area (Å²) in [6, 6.07) is 17.6. The van der Waals surface area contributed by atoms with Gasteiger partial charge in [0.2, 0.25) is 5.91 Å². The van der Waals surface area contributed by atoms with Crippen molar-refractivity contribution in [1.29, 1.82) is 0 Å². The Hall–Kier alpha value is -1.93. The van der Waals surface area contributed by atoms with E-state index in [1.54, 1.807) is 0 Å². The highest BCUT2D eigenvalue weighted by molar-refractivity contribution is 14.1. The van der Waals surface area contributed by atoms with Crippen LogP contribution < -0.4 is 10.1 Å². The Balaban J connectivity index is 1.51. The average molecular weight is 450 g/mol. The minimum atomic E-state index is -0.102. The first-order valence-corrected chi connectivity index (χ1v) is 9.36. The number of ether oxygens (including phenoxy) is 1. The molecule has 1 heterocycles. The van der Waals surface area contributed by atoms with E-state index in [2.05, 4.69) is 32.9 Å². The van der Waals surface area contributed by atoms with Crippen LogP contribution in [0.1, 0.15) is 6.42 Å². The molecule has 1 N–H and O–H groups in total. The van der Waals surface area contributed by atoms with Gasteiger partial charge in [-0.25, -0.2) is 4.98 Å². The van der Waals surface area contributed by atoms with Crippen LogP contribution in [0.25, 0.3) is 11.3 Å². The Bertz CT molecular complexity index is 803. The molecule has 0 saturated heterocycles. The molecule has 0 atom stereocenters. The van der Waals surface area contributed by atoms with Crippen molar-refractivity contribution in [2.24, 2.45) is 0 Å². The molecule has 0 spiro atoms. The number of carbonyl (C=O) groups is 1. The van der Waals surface area contributed by atoms with Gasteiger partial charge >= 0.3 is 0 Å². The number of aromatic nitrogens is 1. The van der Waals surface area contributed by atoms with E-state index < -0.39 is 0 Å². The zero-order valence-corrected chi connectivity index (χ0v) is 15.7. The lowest BCUT2D eigenvalue weighted by atomic mass is 10.2. The van der Waals surface area contributed by atoms with Crippen LogP contribution in [0.15, 0.2) is 60.0 Å². The summed E-state index contributed by atoms with van der Waals surface area (Å²) in [4.78, 5) is 16.4. The molecule has 2 aromatic carbocycles. The zero-order chi connectivity index (χ0) is 16.8. The molecular formula is C18H15IN2O2S. The van der Waals surface area contributed by atoms with E-state index in [0.29, 0.717) is 11.7 Å². The van der Waals surface area contributed by atoms with Crippen molar-refractivity contribution in [3.05, 3.63) is 63.5 Å². The van der Waals surface area contributed by atoms with Gasteiger partial charge in [-0.05, 0) is 46.9 Å². The number of para-hydroxylation sites is 1. The molecule has 6 heteroatoms. The molecule has 0 unspecified atom stereocenters. The van der Waals surface area contributed by atoms with E-state index in [1.807, 2.05) is 60.0 Å². The van der Waals surface area contributed by atoms with Gasteiger partial charge in [0.05, 0.1) is 18.7 Å². The van der Waals surface area contributed by atoms with Gasteiger partial charge in [0.1, 0.15) is 5.75 Å². The topological polar surface area (TPSA) is 51.2 Å². The summed E-state index contributed by atoms with van der Waals surface area (Å²) in [6.45, 7) is 0.338. The fraction of sp³-hybridized carbons (Fsp3) is 0.111. The number of amides is 1. The molecular weight excluding hydrogens is 435 g/mol. The maximum absolute atomic E-state index is 12.0. The summed E-state index contributed by atoms with van der Waals surface area (Å²) < 4.78 is 6.70. The van der Waals surface area contributed by atoms with E-state index in [4.69, 9.17) is 4.74 Å². The standard InChI is InChI=1S/C18H15IN2O2S/c19-14-8-6-13(7-9-14)16-12-24-18(20-16)21-17(22)10-11-23-15-4-2-1-3-5-15/h1-9,12H,10-11H2,(H,20,21,22). The van der Waals surface area contributed by atoms with Gasteiger partial charge in [0, 0.05) is 14.5 Å². The Morgan fingerprint density at radius 1 is 1.12 bits per heavy atom. The number of hydrogen-bond donors (Lipinski definition) is 1. The molecule has 24 heavy (non-hydrogen) atoms. The van der Waals surface area contributed by atoms with Gasteiger partial charge in [0.25, 0.3) is 0 Å². The molecule has 0 fully saturated rings. The third kappa shape index (κ3) is 4.78. The van der Waals surface area contributed by atoms with Gasteiger partial charge < -0.3 is 10.1 Å². The molecule has 0 radical (unpaired) electrons. The summed E-state index contributed by atoms with van der Waals surface area (Å²) in [6.07, 6.45) is 0.285. The van der Waals surface area contributed by atoms with Gasteiger partial charge in [0.15, 0.2) is 5.13 Å². The smallest absolute Gasteiger partial charge is 0.229 e. The number of carbonyl (C=O) groups excluding carboxylic acids is 1. The van der Waals surface area contributed by atoms with E-state index in [-0.39, 0.29) is 12.3 Å². The van der Waals surface area contributed by atoms with Crippen molar-refractivity contribution in [3.63, 3.8) is 0 Å². The van der Waals surface area contributed by atoms with Crippen molar-refractivity contribution in [3.8, 4) is 17.0 Å². The predicted molar refractivity (Wildman–Crippen MR) is 105 cm³/mol. The molecule has 0 aliphatic heterocycles. The highest BCUT2D eigenvalue weighted by Gasteiger charge is 2.08. The molecule has 0 saturated carbocycles. The van der Waals surface area contributed by atoms with Crippen LogP contribution in [-0.2, 0) is 4.79 Å². The lowest BCUT2D eigenvalue weighted by Crippen LogP contribution is -2.15. The number of hydrogen-bond acceptors (Lipinski definition) is 4. The van der Waals surface area contributed by atoms with Gasteiger partial charge in [-0.3, -0.25) is 4.79 Å².